The first-order valence-corrected chi connectivity index (χ1v) is 7.41. The SMILES string of the molecule is CC12CC3CC4C5CC(CC41)CC2(N)C5C3. The minimum absolute atomic E-state index is 0.261. The third kappa shape index (κ3) is 0.674. The van der Waals surface area contributed by atoms with Crippen LogP contribution >= 0.6 is 0 Å². The maximum atomic E-state index is 6.99. The Morgan fingerprint density at radius 1 is 0.875 bits per heavy atom. The first kappa shape index (κ1) is 8.97. The van der Waals surface area contributed by atoms with Gasteiger partial charge in [-0.1, -0.05) is 6.92 Å². The van der Waals surface area contributed by atoms with Crippen molar-refractivity contribution >= 4 is 0 Å². The van der Waals surface area contributed by atoms with Crippen molar-refractivity contribution in [1.82, 2.24) is 0 Å². The van der Waals surface area contributed by atoms with E-state index in [9.17, 15) is 0 Å². The van der Waals surface area contributed by atoms with Crippen LogP contribution in [-0.4, -0.2) is 5.54 Å². The number of hydrogen-bond acceptors (Lipinski definition) is 1. The first-order valence-electron chi connectivity index (χ1n) is 7.41. The van der Waals surface area contributed by atoms with Gasteiger partial charge < -0.3 is 5.73 Å². The molecule has 8 bridgehead atoms. The predicted octanol–water partition coefficient (Wildman–Crippen LogP) is 2.80. The van der Waals surface area contributed by atoms with Crippen molar-refractivity contribution in [2.24, 2.45) is 46.7 Å². The van der Waals surface area contributed by atoms with Gasteiger partial charge in [0, 0.05) is 5.54 Å². The Morgan fingerprint density at radius 3 is 2.31 bits per heavy atom. The van der Waals surface area contributed by atoms with E-state index in [1.54, 1.807) is 12.8 Å². The van der Waals surface area contributed by atoms with Crippen molar-refractivity contribution < 1.29 is 0 Å². The third-order valence-electron chi connectivity index (χ3n) is 7.85. The maximum Gasteiger partial charge on any atom is 0.0245 e. The van der Waals surface area contributed by atoms with Crippen molar-refractivity contribution in [1.29, 1.82) is 0 Å². The molecule has 8 unspecified atom stereocenters. The van der Waals surface area contributed by atoms with Crippen LogP contribution in [0.15, 0.2) is 0 Å². The summed E-state index contributed by atoms with van der Waals surface area (Å²) in [5.41, 5.74) is 7.79. The molecule has 0 aromatic carbocycles. The molecule has 7 aliphatic carbocycles. The highest BCUT2D eigenvalue weighted by Gasteiger charge is 2.73. The van der Waals surface area contributed by atoms with Gasteiger partial charge in [-0.05, 0) is 79.4 Å². The average Bonchev–Trinajstić information content (AvgIpc) is 2.25. The minimum atomic E-state index is 0.261. The summed E-state index contributed by atoms with van der Waals surface area (Å²) in [6.45, 7) is 2.57. The molecule has 0 amide bonds. The molecule has 7 rings (SSSR count). The second kappa shape index (κ2) is 2.25. The molecule has 16 heavy (non-hydrogen) atoms. The fourth-order valence-electron chi connectivity index (χ4n) is 7.54. The van der Waals surface area contributed by atoms with Crippen LogP contribution in [0.25, 0.3) is 0 Å². The van der Waals surface area contributed by atoms with Gasteiger partial charge in [0.1, 0.15) is 0 Å². The summed E-state index contributed by atoms with van der Waals surface area (Å²) in [4.78, 5) is 0. The lowest BCUT2D eigenvalue weighted by atomic mass is 9.29. The molecule has 7 saturated carbocycles. The molecule has 7 fully saturated rings. The van der Waals surface area contributed by atoms with Crippen LogP contribution in [0.3, 0.4) is 0 Å². The van der Waals surface area contributed by atoms with E-state index in [1.165, 1.54) is 25.7 Å². The zero-order valence-electron chi connectivity index (χ0n) is 10.3. The van der Waals surface area contributed by atoms with Crippen LogP contribution in [0.2, 0.25) is 0 Å². The molecule has 2 N–H and O–H groups in total. The van der Waals surface area contributed by atoms with E-state index >= 15 is 0 Å². The zero-order valence-corrected chi connectivity index (χ0v) is 10.3. The normalized spacial score (nSPS) is 73.9. The lowest BCUT2D eigenvalue weighted by Crippen LogP contribution is -2.79. The maximum absolute atomic E-state index is 6.99. The molecule has 0 heterocycles. The first-order chi connectivity index (χ1) is 7.62. The number of hydrogen-bond donors (Lipinski definition) is 1. The van der Waals surface area contributed by atoms with Gasteiger partial charge in [-0.2, -0.15) is 0 Å². The van der Waals surface area contributed by atoms with Gasteiger partial charge in [-0.15, -0.1) is 0 Å². The van der Waals surface area contributed by atoms with Gasteiger partial charge in [0.2, 0.25) is 0 Å². The molecule has 8 atom stereocenters. The molecule has 0 saturated heterocycles. The topological polar surface area (TPSA) is 26.0 Å². The van der Waals surface area contributed by atoms with E-state index < -0.39 is 0 Å². The molecule has 0 aromatic rings. The summed E-state index contributed by atoms with van der Waals surface area (Å²) in [7, 11) is 0. The molecule has 1 heteroatoms. The molecular formula is C15H23N. The average molecular weight is 217 g/mol. The molecule has 7 aliphatic rings. The van der Waals surface area contributed by atoms with Gasteiger partial charge >= 0.3 is 0 Å². The molecule has 0 spiro atoms. The van der Waals surface area contributed by atoms with Gasteiger partial charge in [0.25, 0.3) is 0 Å². The van der Waals surface area contributed by atoms with Crippen LogP contribution in [0, 0.1) is 40.9 Å². The summed E-state index contributed by atoms with van der Waals surface area (Å²) in [5.74, 6) is 6.14. The van der Waals surface area contributed by atoms with Crippen molar-refractivity contribution in [3.63, 3.8) is 0 Å². The Kier molecular flexibility index (Phi) is 1.26. The Hall–Kier alpha value is -0.0400. The molecule has 0 aromatic heterocycles. The number of nitrogens with two attached hydrogens (primary N) is 1. The van der Waals surface area contributed by atoms with Crippen molar-refractivity contribution in [3.05, 3.63) is 0 Å². The second-order valence-electron chi connectivity index (χ2n) is 8.08. The van der Waals surface area contributed by atoms with Crippen LogP contribution in [-0.2, 0) is 0 Å². The number of rotatable bonds is 0. The smallest absolute Gasteiger partial charge is 0.0245 e. The highest BCUT2D eigenvalue weighted by molar-refractivity contribution is 5.25. The summed E-state index contributed by atoms with van der Waals surface area (Å²) in [6.07, 6.45) is 9.00. The molecular weight excluding hydrogens is 194 g/mol. The molecule has 0 radical (unpaired) electrons. The zero-order chi connectivity index (χ0) is 10.7. The van der Waals surface area contributed by atoms with E-state index in [-0.39, 0.29) is 5.54 Å². The highest BCUT2D eigenvalue weighted by Crippen LogP contribution is 2.76. The Balaban J connectivity index is 1.77. The fraction of sp³-hybridized carbons (Fsp3) is 1.00. The van der Waals surface area contributed by atoms with Crippen molar-refractivity contribution in [2.45, 2.75) is 51.0 Å². The van der Waals surface area contributed by atoms with E-state index in [0.717, 1.165) is 35.5 Å². The van der Waals surface area contributed by atoms with Crippen molar-refractivity contribution in [3.8, 4) is 0 Å². The standard InChI is InChI=1S/C15H23N/c1-14-6-8-2-10-11-3-9(4-12(10)14)7-15(14,16)13(11)5-8/h8-13H,2-7,16H2,1H3. The van der Waals surface area contributed by atoms with E-state index in [1.807, 2.05) is 0 Å². The van der Waals surface area contributed by atoms with Gasteiger partial charge in [0.15, 0.2) is 0 Å². The Bertz CT molecular complexity index is 342. The summed E-state index contributed by atoms with van der Waals surface area (Å²) >= 11 is 0. The second-order valence-corrected chi connectivity index (χ2v) is 8.08. The summed E-state index contributed by atoms with van der Waals surface area (Å²) in [5, 5.41) is 0. The van der Waals surface area contributed by atoms with Gasteiger partial charge in [-0.3, -0.25) is 0 Å². The van der Waals surface area contributed by atoms with Crippen LogP contribution in [0.4, 0.5) is 0 Å². The molecule has 0 aliphatic heterocycles. The summed E-state index contributed by atoms with van der Waals surface area (Å²) < 4.78 is 0. The van der Waals surface area contributed by atoms with E-state index in [4.69, 9.17) is 5.73 Å². The van der Waals surface area contributed by atoms with E-state index in [2.05, 4.69) is 6.92 Å². The molecule has 1 nitrogen and oxygen atoms in total. The monoisotopic (exact) mass is 217 g/mol. The van der Waals surface area contributed by atoms with Crippen LogP contribution in [0.1, 0.15) is 45.4 Å². The highest BCUT2D eigenvalue weighted by atomic mass is 14.9. The van der Waals surface area contributed by atoms with E-state index in [0.29, 0.717) is 5.41 Å². The predicted molar refractivity (Wildman–Crippen MR) is 63.7 cm³/mol. The Labute approximate surface area is 98.2 Å². The summed E-state index contributed by atoms with van der Waals surface area (Å²) in [6, 6.07) is 0. The lowest BCUT2D eigenvalue weighted by molar-refractivity contribution is -0.259. The van der Waals surface area contributed by atoms with Crippen molar-refractivity contribution in [2.75, 3.05) is 0 Å². The van der Waals surface area contributed by atoms with Gasteiger partial charge in [-0.25, -0.2) is 0 Å². The fourth-order valence-corrected chi connectivity index (χ4v) is 7.54. The Morgan fingerprint density at radius 2 is 1.50 bits per heavy atom. The van der Waals surface area contributed by atoms with Crippen LogP contribution in [0.5, 0.6) is 0 Å². The quantitative estimate of drug-likeness (QED) is 0.663. The molecule has 88 valence electrons. The third-order valence-corrected chi connectivity index (χ3v) is 7.85. The van der Waals surface area contributed by atoms with Gasteiger partial charge in [0.05, 0.1) is 0 Å². The largest absolute Gasteiger partial charge is 0.324 e. The minimum Gasteiger partial charge on any atom is -0.324 e. The lowest BCUT2D eigenvalue weighted by Gasteiger charge is -2.78. The van der Waals surface area contributed by atoms with Crippen LogP contribution < -0.4 is 5.73 Å².